The number of aromatic nitrogens is 1. The molecule has 1 N–H and O–H groups in total. The van der Waals surface area contributed by atoms with Crippen LogP contribution in [0.1, 0.15) is 19.1 Å². The van der Waals surface area contributed by atoms with Crippen molar-refractivity contribution in [2.75, 3.05) is 5.32 Å². The summed E-state index contributed by atoms with van der Waals surface area (Å²) in [6.45, 7) is 1.57. The van der Waals surface area contributed by atoms with Crippen molar-refractivity contribution in [1.82, 2.24) is 5.16 Å². The molecular weight excluding hydrogens is 201 g/mol. The Morgan fingerprint density at radius 3 is 2.71 bits per heavy atom. The first-order chi connectivity index (χ1) is 6.43. The number of rotatable bonds is 2. The predicted octanol–water partition coefficient (Wildman–Crippen LogP) is 2.04. The van der Waals surface area contributed by atoms with Gasteiger partial charge in [0, 0.05) is 12.5 Å². The second kappa shape index (κ2) is 3.69. The SMILES string of the molecule is CCC(=O)Nc1cc(C(F)(F)F)on1. The number of hydrogen-bond donors (Lipinski definition) is 1. The van der Waals surface area contributed by atoms with E-state index in [2.05, 4.69) is 15.0 Å². The highest BCUT2D eigenvalue weighted by molar-refractivity contribution is 5.89. The summed E-state index contributed by atoms with van der Waals surface area (Å²) in [6.07, 6.45) is -4.42. The Kier molecular flexibility index (Phi) is 2.78. The predicted molar refractivity (Wildman–Crippen MR) is 40.4 cm³/mol. The molecule has 1 rings (SSSR count). The van der Waals surface area contributed by atoms with Crippen molar-refractivity contribution in [1.29, 1.82) is 0 Å². The molecule has 0 bridgehead atoms. The molecule has 1 aromatic rings. The Hall–Kier alpha value is -1.53. The lowest BCUT2D eigenvalue weighted by atomic mass is 10.4. The van der Waals surface area contributed by atoms with Crippen molar-refractivity contribution >= 4 is 11.7 Å². The van der Waals surface area contributed by atoms with Crippen LogP contribution in [0.3, 0.4) is 0 Å². The van der Waals surface area contributed by atoms with Gasteiger partial charge in [0.2, 0.25) is 11.7 Å². The summed E-state index contributed by atoms with van der Waals surface area (Å²) in [5.41, 5.74) is 0. The van der Waals surface area contributed by atoms with Crippen molar-refractivity contribution in [3.05, 3.63) is 11.8 Å². The van der Waals surface area contributed by atoms with Gasteiger partial charge in [-0.05, 0) is 0 Å². The van der Waals surface area contributed by atoms with Gasteiger partial charge in [-0.2, -0.15) is 13.2 Å². The average molecular weight is 208 g/mol. The second-order valence-electron chi connectivity index (χ2n) is 2.48. The molecule has 0 unspecified atom stereocenters. The maximum Gasteiger partial charge on any atom is 0.452 e. The molecule has 7 heteroatoms. The van der Waals surface area contributed by atoms with Crippen LogP contribution in [0.5, 0.6) is 0 Å². The van der Waals surface area contributed by atoms with Crippen LogP contribution in [0.15, 0.2) is 10.6 Å². The highest BCUT2D eigenvalue weighted by Crippen LogP contribution is 2.30. The fraction of sp³-hybridized carbons (Fsp3) is 0.429. The lowest BCUT2D eigenvalue weighted by Gasteiger charge is -1.97. The number of carbonyl (C=O) groups is 1. The monoisotopic (exact) mass is 208 g/mol. The second-order valence-corrected chi connectivity index (χ2v) is 2.48. The van der Waals surface area contributed by atoms with E-state index in [4.69, 9.17) is 0 Å². The Morgan fingerprint density at radius 1 is 1.64 bits per heavy atom. The van der Waals surface area contributed by atoms with Gasteiger partial charge >= 0.3 is 6.18 Å². The summed E-state index contributed by atoms with van der Waals surface area (Å²) in [6, 6.07) is 0.632. The van der Waals surface area contributed by atoms with Crippen molar-refractivity contribution in [2.45, 2.75) is 19.5 Å². The van der Waals surface area contributed by atoms with E-state index in [0.29, 0.717) is 6.07 Å². The third-order valence-corrected chi connectivity index (χ3v) is 1.38. The van der Waals surface area contributed by atoms with Crippen LogP contribution >= 0.6 is 0 Å². The van der Waals surface area contributed by atoms with E-state index in [1.807, 2.05) is 0 Å². The Labute approximate surface area is 77.1 Å². The number of halogens is 3. The molecule has 78 valence electrons. The van der Waals surface area contributed by atoms with Crippen LogP contribution in [0.2, 0.25) is 0 Å². The first-order valence-electron chi connectivity index (χ1n) is 3.77. The molecule has 14 heavy (non-hydrogen) atoms. The third kappa shape index (κ3) is 2.48. The van der Waals surface area contributed by atoms with Crippen molar-refractivity contribution in [3.63, 3.8) is 0 Å². The van der Waals surface area contributed by atoms with E-state index in [1.165, 1.54) is 0 Å². The molecule has 0 radical (unpaired) electrons. The lowest BCUT2D eigenvalue weighted by molar-refractivity contribution is -0.155. The minimum absolute atomic E-state index is 0.161. The molecule has 0 aromatic carbocycles. The number of amides is 1. The van der Waals surface area contributed by atoms with E-state index in [1.54, 1.807) is 6.92 Å². The maximum atomic E-state index is 12.0. The van der Waals surface area contributed by atoms with Crippen molar-refractivity contribution in [2.24, 2.45) is 0 Å². The Balaban J connectivity index is 2.74. The van der Waals surface area contributed by atoms with E-state index < -0.39 is 17.8 Å². The third-order valence-electron chi connectivity index (χ3n) is 1.38. The van der Waals surface area contributed by atoms with Gasteiger partial charge in [-0.25, -0.2) is 0 Å². The van der Waals surface area contributed by atoms with Crippen LogP contribution in [0.4, 0.5) is 19.0 Å². The molecule has 0 saturated heterocycles. The normalized spacial score (nSPS) is 11.4. The molecule has 1 heterocycles. The molecule has 0 spiro atoms. The van der Waals surface area contributed by atoms with E-state index >= 15 is 0 Å². The molecule has 0 saturated carbocycles. The van der Waals surface area contributed by atoms with Gasteiger partial charge < -0.3 is 9.84 Å². The van der Waals surface area contributed by atoms with E-state index in [-0.39, 0.29) is 12.2 Å². The van der Waals surface area contributed by atoms with Gasteiger partial charge in [0.1, 0.15) is 0 Å². The summed E-state index contributed by atoms with van der Waals surface area (Å²) in [5, 5.41) is 5.18. The largest absolute Gasteiger partial charge is 0.452 e. The smallest absolute Gasteiger partial charge is 0.349 e. The molecule has 0 fully saturated rings. The van der Waals surface area contributed by atoms with Gasteiger partial charge in [-0.1, -0.05) is 12.1 Å². The Bertz CT molecular complexity index is 332. The molecule has 4 nitrogen and oxygen atoms in total. The fourth-order valence-corrected chi connectivity index (χ4v) is 0.699. The summed E-state index contributed by atoms with van der Waals surface area (Å²) in [7, 11) is 0. The first-order valence-corrected chi connectivity index (χ1v) is 3.77. The van der Waals surface area contributed by atoms with E-state index in [0.717, 1.165) is 0 Å². The highest BCUT2D eigenvalue weighted by Gasteiger charge is 2.36. The van der Waals surface area contributed by atoms with Gasteiger partial charge in [0.05, 0.1) is 0 Å². The van der Waals surface area contributed by atoms with Gasteiger partial charge in [0.25, 0.3) is 0 Å². The molecular formula is C7H7F3N2O2. The summed E-state index contributed by atoms with van der Waals surface area (Å²) in [5.74, 6) is -1.89. The number of nitrogens with zero attached hydrogens (tertiary/aromatic N) is 1. The topological polar surface area (TPSA) is 55.1 Å². The minimum atomic E-state index is -4.58. The lowest BCUT2D eigenvalue weighted by Crippen LogP contribution is -2.09. The number of alkyl halides is 3. The summed E-state index contributed by atoms with van der Waals surface area (Å²) >= 11 is 0. The van der Waals surface area contributed by atoms with Crippen LogP contribution in [0.25, 0.3) is 0 Å². The molecule has 0 aliphatic carbocycles. The molecule has 0 atom stereocenters. The molecule has 1 amide bonds. The zero-order chi connectivity index (χ0) is 10.8. The molecule has 0 aliphatic rings. The summed E-state index contributed by atoms with van der Waals surface area (Å²) in [4.78, 5) is 10.8. The van der Waals surface area contributed by atoms with Crippen LogP contribution in [0, 0.1) is 0 Å². The number of nitrogens with one attached hydrogen (secondary N) is 1. The Morgan fingerprint density at radius 2 is 2.29 bits per heavy atom. The number of anilines is 1. The van der Waals surface area contributed by atoms with Crippen LogP contribution in [-0.4, -0.2) is 11.1 Å². The van der Waals surface area contributed by atoms with Crippen LogP contribution in [-0.2, 0) is 11.0 Å². The van der Waals surface area contributed by atoms with Gasteiger partial charge in [-0.15, -0.1) is 0 Å². The zero-order valence-corrected chi connectivity index (χ0v) is 7.18. The van der Waals surface area contributed by atoms with E-state index in [9.17, 15) is 18.0 Å². The quantitative estimate of drug-likeness (QED) is 0.809. The molecule has 1 aromatic heterocycles. The van der Waals surface area contributed by atoms with Gasteiger partial charge in [-0.3, -0.25) is 4.79 Å². The van der Waals surface area contributed by atoms with Crippen molar-refractivity contribution < 1.29 is 22.5 Å². The average Bonchev–Trinajstić information content (AvgIpc) is 2.51. The fourth-order valence-electron chi connectivity index (χ4n) is 0.699. The number of carbonyl (C=O) groups excluding carboxylic acids is 1. The zero-order valence-electron chi connectivity index (χ0n) is 7.18. The maximum absolute atomic E-state index is 12.0. The highest BCUT2D eigenvalue weighted by atomic mass is 19.4. The summed E-state index contributed by atoms with van der Waals surface area (Å²) < 4.78 is 39.9. The number of hydrogen-bond acceptors (Lipinski definition) is 3. The standard InChI is InChI=1S/C7H7F3N2O2/c1-2-6(13)11-5-3-4(14-12-5)7(8,9)10/h3H,2H2,1H3,(H,11,12,13). The van der Waals surface area contributed by atoms with Crippen LogP contribution < -0.4 is 5.32 Å². The van der Waals surface area contributed by atoms with Gasteiger partial charge in [0.15, 0.2) is 5.82 Å². The first kappa shape index (κ1) is 10.6. The molecule has 0 aliphatic heterocycles. The minimum Gasteiger partial charge on any atom is -0.349 e. The van der Waals surface area contributed by atoms with Crippen molar-refractivity contribution in [3.8, 4) is 0 Å².